The summed E-state index contributed by atoms with van der Waals surface area (Å²) >= 11 is 6.88. The van der Waals surface area contributed by atoms with Crippen molar-refractivity contribution in [3.63, 3.8) is 0 Å². The second-order valence-electron chi connectivity index (χ2n) is 24.8. The quantitative estimate of drug-likeness (QED) is 0.0463. The Kier molecular flexibility index (Phi) is 27.0. The average molecular weight is 1290 g/mol. The molecule has 0 unspecified atom stereocenters. The highest BCUT2D eigenvalue weighted by Gasteiger charge is 2.22. The fraction of sp³-hybridized carbons (Fsp3) is 0.385. The molecule has 0 aliphatic rings. The van der Waals surface area contributed by atoms with Gasteiger partial charge in [-0.2, -0.15) is 0 Å². The first-order valence-electron chi connectivity index (χ1n) is 31.5. The van der Waals surface area contributed by atoms with Crippen molar-refractivity contribution in [2.24, 2.45) is 0 Å². The van der Waals surface area contributed by atoms with Gasteiger partial charge in [-0.1, -0.05) is 130 Å². The van der Waals surface area contributed by atoms with E-state index < -0.39 is 0 Å². The highest BCUT2D eigenvalue weighted by molar-refractivity contribution is 8.00. The van der Waals surface area contributed by atoms with Gasteiger partial charge in [-0.15, -0.1) is 0 Å². The molecule has 0 aromatic heterocycles. The van der Waals surface area contributed by atoms with Gasteiger partial charge in [-0.25, -0.2) is 0 Å². The maximum absolute atomic E-state index is 10.5. The summed E-state index contributed by atoms with van der Waals surface area (Å²) in [6, 6.07) is 27.1. The van der Waals surface area contributed by atoms with E-state index in [0.29, 0.717) is 57.8 Å². The standard InChI is InChI=1S/C24H34O2S.C20H26O2S.C18H22O2S.C16H18O2S/c1-13(2)17-11-23(19(15(5)6)9-21(17)25)27-24-12-18(14(3)4)22(26)10-20(24)16(7)8;1-5-13-11-19(15(7-3)9-17(13)21)23-20-12-14(6-2)18(22)10-16(20)8-4;1-9-7-15(19)11(3)13(5)17(9)21-18-10(2)8-16(20)12(4)14(18)6;1-9-11(3)15(7-5-13(9)17)19-16-8-6-14(18)10(2)12(16)4/h9-16,25-26H,1-8H3;9-12,21-22H,5-8H2,1-4H3;7-8,19-20H,1-6H3;5-8,17-18H,1-4H3. The van der Waals surface area contributed by atoms with E-state index >= 15 is 0 Å². The summed E-state index contributed by atoms with van der Waals surface area (Å²) in [6.45, 7) is 45.3. The largest absolute Gasteiger partial charge is 0.508 e. The summed E-state index contributed by atoms with van der Waals surface area (Å²) in [6.07, 6.45) is 3.42. The van der Waals surface area contributed by atoms with Crippen molar-refractivity contribution in [2.45, 2.75) is 241 Å². The van der Waals surface area contributed by atoms with Crippen molar-refractivity contribution >= 4 is 47.0 Å². The molecule has 0 aliphatic heterocycles. The number of phenols is 8. The molecule has 0 atom stereocenters. The van der Waals surface area contributed by atoms with Crippen LogP contribution in [0.5, 0.6) is 46.0 Å². The Morgan fingerprint density at radius 2 is 0.556 bits per heavy atom. The van der Waals surface area contributed by atoms with E-state index in [1.807, 2.05) is 118 Å². The fourth-order valence-electron chi connectivity index (χ4n) is 10.5. The molecule has 0 amide bonds. The summed E-state index contributed by atoms with van der Waals surface area (Å²) in [4.78, 5) is 9.40. The molecule has 8 aromatic rings. The van der Waals surface area contributed by atoms with E-state index in [1.165, 1.54) is 29.4 Å². The van der Waals surface area contributed by atoms with Crippen molar-refractivity contribution in [1.82, 2.24) is 0 Å². The van der Waals surface area contributed by atoms with E-state index in [2.05, 4.69) is 107 Å². The molecule has 8 rings (SSSR count). The predicted octanol–water partition coefficient (Wildman–Crippen LogP) is 22.8. The number of hydrogen-bond donors (Lipinski definition) is 8. The van der Waals surface area contributed by atoms with Crippen LogP contribution in [0.1, 0.15) is 207 Å². The molecule has 0 heterocycles. The van der Waals surface area contributed by atoms with Crippen LogP contribution in [0.4, 0.5) is 0 Å². The van der Waals surface area contributed by atoms with Gasteiger partial charge >= 0.3 is 0 Å². The van der Waals surface area contributed by atoms with E-state index in [-0.39, 0.29) is 11.8 Å². The lowest BCUT2D eigenvalue weighted by molar-refractivity contribution is 0.462. The van der Waals surface area contributed by atoms with Crippen molar-refractivity contribution in [3.8, 4) is 46.0 Å². The van der Waals surface area contributed by atoms with Crippen LogP contribution in [0.15, 0.2) is 124 Å². The topological polar surface area (TPSA) is 162 Å². The van der Waals surface area contributed by atoms with Gasteiger partial charge in [0.15, 0.2) is 0 Å². The Bertz CT molecular complexity index is 3590. The zero-order valence-electron chi connectivity index (χ0n) is 57.4. The van der Waals surface area contributed by atoms with Gasteiger partial charge in [0.1, 0.15) is 46.0 Å². The zero-order chi connectivity index (χ0) is 67.5. The second kappa shape index (κ2) is 32.7. The minimum Gasteiger partial charge on any atom is -0.508 e. The van der Waals surface area contributed by atoms with Crippen molar-refractivity contribution in [2.75, 3.05) is 0 Å². The molecule has 0 spiro atoms. The minimum absolute atomic E-state index is 0.265. The van der Waals surface area contributed by atoms with Gasteiger partial charge in [0, 0.05) is 39.2 Å². The maximum Gasteiger partial charge on any atom is 0.119 e. The lowest BCUT2D eigenvalue weighted by Gasteiger charge is -2.21. The third-order valence-electron chi connectivity index (χ3n) is 17.1. The van der Waals surface area contributed by atoms with Crippen molar-refractivity contribution in [1.29, 1.82) is 0 Å². The fourth-order valence-corrected chi connectivity index (χ4v) is 15.6. The van der Waals surface area contributed by atoms with E-state index in [9.17, 15) is 40.9 Å². The van der Waals surface area contributed by atoms with Crippen LogP contribution in [0.2, 0.25) is 0 Å². The molecule has 0 bridgehead atoms. The van der Waals surface area contributed by atoms with Crippen LogP contribution >= 0.6 is 47.0 Å². The monoisotopic (exact) mass is 1290 g/mol. The molecule has 0 aliphatic carbocycles. The van der Waals surface area contributed by atoms with E-state index in [4.69, 9.17) is 0 Å². The summed E-state index contributed by atoms with van der Waals surface area (Å²) in [5.41, 5.74) is 18.8. The summed E-state index contributed by atoms with van der Waals surface area (Å²) in [5.74, 6) is 4.10. The zero-order valence-corrected chi connectivity index (χ0v) is 60.7. The minimum atomic E-state index is 0.265. The first kappa shape index (κ1) is 74.3. The molecular formula is C78H100O8S4. The molecule has 484 valence electrons. The maximum atomic E-state index is 10.5. The Hall–Kier alpha value is -6.44. The van der Waals surface area contributed by atoms with Gasteiger partial charge in [0.05, 0.1) is 0 Å². The first-order chi connectivity index (χ1) is 42.2. The van der Waals surface area contributed by atoms with Gasteiger partial charge in [-0.05, 0) is 304 Å². The average Bonchev–Trinajstić information content (AvgIpc) is 0.978. The summed E-state index contributed by atoms with van der Waals surface area (Å²) < 4.78 is 0. The van der Waals surface area contributed by atoms with E-state index in [1.54, 1.807) is 59.2 Å². The van der Waals surface area contributed by atoms with Crippen LogP contribution < -0.4 is 0 Å². The van der Waals surface area contributed by atoms with Gasteiger partial charge in [0.25, 0.3) is 0 Å². The highest BCUT2D eigenvalue weighted by Crippen LogP contribution is 2.47. The number of rotatable bonds is 16. The third-order valence-corrected chi connectivity index (χ3v) is 22.5. The molecule has 8 N–H and O–H groups in total. The molecule has 90 heavy (non-hydrogen) atoms. The van der Waals surface area contributed by atoms with Crippen LogP contribution in [0.25, 0.3) is 0 Å². The number of aryl methyl sites for hydroxylation is 6. The lowest BCUT2D eigenvalue weighted by atomic mass is 9.96. The number of aromatic hydroxyl groups is 8. The van der Waals surface area contributed by atoms with Crippen LogP contribution in [0, 0.1) is 69.2 Å². The van der Waals surface area contributed by atoms with Crippen molar-refractivity contribution < 1.29 is 40.9 Å². The number of benzene rings is 8. The molecule has 12 heteroatoms. The van der Waals surface area contributed by atoms with E-state index in [0.717, 1.165) is 136 Å². The molecule has 0 saturated carbocycles. The molecule has 8 nitrogen and oxygen atoms in total. The molecule has 8 aromatic carbocycles. The second-order valence-corrected chi connectivity index (χ2v) is 29.0. The van der Waals surface area contributed by atoms with Gasteiger partial charge < -0.3 is 40.9 Å². The number of phenolic OH excluding ortho intramolecular Hbond substituents is 8. The summed E-state index contributed by atoms with van der Waals surface area (Å²) in [7, 11) is 0. The predicted molar refractivity (Wildman–Crippen MR) is 383 cm³/mol. The Morgan fingerprint density at radius 3 is 0.867 bits per heavy atom. The molecule has 0 saturated heterocycles. The van der Waals surface area contributed by atoms with Crippen molar-refractivity contribution in [3.05, 3.63) is 185 Å². The smallest absolute Gasteiger partial charge is 0.119 e. The Labute approximate surface area is 556 Å². The third kappa shape index (κ3) is 18.0. The molecular weight excluding hydrogens is 1190 g/mol. The van der Waals surface area contributed by atoms with Gasteiger partial charge in [-0.3, -0.25) is 0 Å². The normalized spacial score (nSPS) is 11.2. The Balaban J connectivity index is 0.000000220. The SMILES string of the molecule is CC(C)c1cc(Sc2cc(C(C)C)c(O)cc2C(C)C)c(C(C)C)cc1O.CCc1cc(Sc2cc(CC)c(O)cc2CC)c(CC)cc1O.Cc1c(O)ccc(Sc2ccc(O)c(C)c2C)c1C.Cc1cc(O)c(C)c(C)c1Sc1c(C)cc(O)c(C)c1C. The highest BCUT2D eigenvalue weighted by atomic mass is 32.2. The summed E-state index contributed by atoms with van der Waals surface area (Å²) in [5, 5.41) is 80.3. The van der Waals surface area contributed by atoms with Crippen LogP contribution in [-0.4, -0.2) is 40.9 Å². The molecule has 0 fully saturated rings. The van der Waals surface area contributed by atoms with Crippen LogP contribution in [0.3, 0.4) is 0 Å². The first-order valence-corrected chi connectivity index (χ1v) is 34.8. The van der Waals surface area contributed by atoms with Crippen LogP contribution in [-0.2, 0) is 25.7 Å². The van der Waals surface area contributed by atoms with Gasteiger partial charge in [0.2, 0.25) is 0 Å². The lowest BCUT2D eigenvalue weighted by Crippen LogP contribution is -1.99. The number of hydrogen-bond acceptors (Lipinski definition) is 12. The molecule has 0 radical (unpaired) electrons. The Morgan fingerprint density at radius 1 is 0.256 bits per heavy atom.